The molecular formula is C13H14N2OS. The third-order valence-electron chi connectivity index (χ3n) is 3.78. The number of pyridine rings is 1. The van der Waals surface area contributed by atoms with Gasteiger partial charge < -0.3 is 4.57 Å². The highest BCUT2D eigenvalue weighted by Gasteiger charge is 2.25. The van der Waals surface area contributed by atoms with Crippen LogP contribution in [0.2, 0.25) is 0 Å². The Hall–Kier alpha value is -1.21. The highest BCUT2D eigenvalue weighted by atomic mass is 32.2. The number of thiocyanates is 1. The predicted octanol–water partition coefficient (Wildman–Crippen LogP) is 2.25. The van der Waals surface area contributed by atoms with Gasteiger partial charge >= 0.3 is 0 Å². The number of hydrogen-bond donors (Lipinski definition) is 0. The van der Waals surface area contributed by atoms with Crippen molar-refractivity contribution < 1.29 is 0 Å². The molecule has 0 aromatic carbocycles. The number of nitriles is 1. The number of fused-ring (bicyclic) bond motifs is 3. The van der Waals surface area contributed by atoms with Crippen molar-refractivity contribution in [1.29, 1.82) is 5.26 Å². The van der Waals surface area contributed by atoms with E-state index in [9.17, 15) is 4.79 Å². The molecule has 3 nitrogen and oxygen atoms in total. The highest BCUT2D eigenvalue weighted by molar-refractivity contribution is 8.03. The van der Waals surface area contributed by atoms with E-state index in [1.807, 2.05) is 0 Å². The molecule has 1 aromatic rings. The maximum absolute atomic E-state index is 12.4. The quantitative estimate of drug-likeness (QED) is 0.564. The maximum Gasteiger partial charge on any atom is 0.199 e. The Bertz CT molecular complexity index is 568. The second-order valence-corrected chi connectivity index (χ2v) is 5.48. The molecule has 88 valence electrons. The minimum atomic E-state index is 0.138. The second kappa shape index (κ2) is 4.23. The fourth-order valence-corrected chi connectivity index (χ4v) is 3.70. The molecule has 1 aliphatic carbocycles. The van der Waals surface area contributed by atoms with Gasteiger partial charge in [0.25, 0.3) is 0 Å². The molecule has 0 spiro atoms. The number of thioether (sulfide) groups is 1. The van der Waals surface area contributed by atoms with Crippen molar-refractivity contribution in [2.24, 2.45) is 0 Å². The van der Waals surface area contributed by atoms with Crippen molar-refractivity contribution in [3.63, 3.8) is 0 Å². The molecule has 1 aromatic heterocycles. The number of hydrogen-bond acceptors (Lipinski definition) is 3. The van der Waals surface area contributed by atoms with Gasteiger partial charge in [0.1, 0.15) is 5.40 Å². The third-order valence-corrected chi connectivity index (χ3v) is 4.49. The molecule has 0 atom stereocenters. The standard InChI is InChI=1S/C13H14N2OS/c14-8-17-13-11-6-3-7-15(11)10-5-2-1-4-9(10)12(13)16/h1-7H2. The predicted molar refractivity (Wildman–Crippen MR) is 67.1 cm³/mol. The molecule has 0 unspecified atom stereocenters. The van der Waals surface area contributed by atoms with Crippen LogP contribution in [0.1, 0.15) is 36.2 Å². The lowest BCUT2D eigenvalue weighted by molar-refractivity contribution is 0.596. The number of nitrogens with zero attached hydrogens (tertiary/aromatic N) is 2. The minimum absolute atomic E-state index is 0.138. The molecule has 2 heterocycles. The molecule has 0 saturated heterocycles. The van der Waals surface area contributed by atoms with Crippen molar-refractivity contribution >= 4 is 11.8 Å². The van der Waals surface area contributed by atoms with E-state index in [4.69, 9.17) is 5.26 Å². The molecular weight excluding hydrogens is 232 g/mol. The molecule has 17 heavy (non-hydrogen) atoms. The molecule has 2 aliphatic rings. The van der Waals surface area contributed by atoms with Gasteiger partial charge in [0.2, 0.25) is 0 Å². The van der Waals surface area contributed by atoms with E-state index >= 15 is 0 Å². The van der Waals surface area contributed by atoms with Gasteiger partial charge in [-0.2, -0.15) is 5.26 Å². The van der Waals surface area contributed by atoms with Gasteiger partial charge in [-0.3, -0.25) is 4.79 Å². The van der Waals surface area contributed by atoms with Gasteiger partial charge in [-0.15, -0.1) is 0 Å². The van der Waals surface area contributed by atoms with Crippen molar-refractivity contribution in [1.82, 2.24) is 4.57 Å². The average molecular weight is 246 g/mol. The largest absolute Gasteiger partial charge is 0.347 e. The van der Waals surface area contributed by atoms with Crippen LogP contribution in [-0.4, -0.2) is 4.57 Å². The zero-order valence-corrected chi connectivity index (χ0v) is 10.5. The second-order valence-electron chi connectivity index (χ2n) is 4.69. The zero-order chi connectivity index (χ0) is 11.8. The van der Waals surface area contributed by atoms with Gasteiger partial charge in [0.05, 0.1) is 4.90 Å². The van der Waals surface area contributed by atoms with Gasteiger partial charge in [0, 0.05) is 23.5 Å². The summed E-state index contributed by atoms with van der Waals surface area (Å²) in [6.07, 6.45) is 6.29. The van der Waals surface area contributed by atoms with E-state index in [0.717, 1.165) is 61.7 Å². The van der Waals surface area contributed by atoms with E-state index in [0.29, 0.717) is 4.90 Å². The third kappa shape index (κ3) is 1.61. The Balaban J connectivity index is 2.29. The average Bonchev–Trinajstić information content (AvgIpc) is 2.84. The normalized spacial score (nSPS) is 17.4. The number of rotatable bonds is 1. The molecule has 3 rings (SSSR count). The van der Waals surface area contributed by atoms with Crippen LogP contribution in [0.25, 0.3) is 0 Å². The van der Waals surface area contributed by atoms with Crippen molar-refractivity contribution in [2.45, 2.75) is 50.0 Å². The van der Waals surface area contributed by atoms with Crippen LogP contribution in [0.4, 0.5) is 0 Å². The zero-order valence-electron chi connectivity index (χ0n) is 9.66. The summed E-state index contributed by atoms with van der Waals surface area (Å²) in [5.74, 6) is 0. The summed E-state index contributed by atoms with van der Waals surface area (Å²) >= 11 is 1.05. The van der Waals surface area contributed by atoms with Crippen molar-refractivity contribution in [2.75, 3.05) is 0 Å². The first-order valence-electron chi connectivity index (χ1n) is 6.16. The van der Waals surface area contributed by atoms with Gasteiger partial charge in [-0.1, -0.05) is 0 Å². The van der Waals surface area contributed by atoms with Crippen LogP contribution < -0.4 is 5.43 Å². The van der Waals surface area contributed by atoms with Crippen LogP contribution in [0, 0.1) is 10.7 Å². The van der Waals surface area contributed by atoms with Crippen molar-refractivity contribution in [3.05, 3.63) is 27.2 Å². The smallest absolute Gasteiger partial charge is 0.199 e. The van der Waals surface area contributed by atoms with E-state index in [-0.39, 0.29) is 5.43 Å². The van der Waals surface area contributed by atoms with Crippen LogP contribution in [0.5, 0.6) is 0 Å². The molecule has 0 radical (unpaired) electrons. The SMILES string of the molecule is N#CSc1c2n(c3c(c1=O)CCCC3)CCC2. The van der Waals surface area contributed by atoms with Crippen LogP contribution in [0.15, 0.2) is 9.69 Å². The first kappa shape index (κ1) is 10.9. The van der Waals surface area contributed by atoms with Crippen LogP contribution >= 0.6 is 11.8 Å². The molecule has 1 aliphatic heterocycles. The molecule has 0 saturated carbocycles. The number of aromatic nitrogens is 1. The monoisotopic (exact) mass is 246 g/mol. The Labute approximate surface area is 104 Å². The lowest BCUT2D eigenvalue weighted by atomic mass is 9.95. The van der Waals surface area contributed by atoms with Crippen molar-refractivity contribution in [3.8, 4) is 5.40 Å². The Morgan fingerprint density at radius 3 is 2.71 bits per heavy atom. The molecule has 0 amide bonds. The topological polar surface area (TPSA) is 45.8 Å². The molecule has 0 N–H and O–H groups in total. The molecule has 0 fully saturated rings. The summed E-state index contributed by atoms with van der Waals surface area (Å²) in [6, 6.07) is 0. The van der Waals surface area contributed by atoms with E-state index in [1.165, 1.54) is 12.1 Å². The highest BCUT2D eigenvalue weighted by Crippen LogP contribution is 2.30. The Kier molecular flexibility index (Phi) is 2.71. The van der Waals surface area contributed by atoms with Crippen LogP contribution in [0.3, 0.4) is 0 Å². The summed E-state index contributed by atoms with van der Waals surface area (Å²) in [4.78, 5) is 13.1. The lowest BCUT2D eigenvalue weighted by Crippen LogP contribution is -2.25. The summed E-state index contributed by atoms with van der Waals surface area (Å²) in [5.41, 5.74) is 3.50. The van der Waals surface area contributed by atoms with E-state index in [1.54, 1.807) is 0 Å². The Morgan fingerprint density at radius 1 is 1.12 bits per heavy atom. The molecule has 4 heteroatoms. The molecule has 0 bridgehead atoms. The van der Waals surface area contributed by atoms with E-state index in [2.05, 4.69) is 9.97 Å². The summed E-state index contributed by atoms with van der Waals surface area (Å²) < 4.78 is 2.32. The fraction of sp³-hybridized carbons (Fsp3) is 0.538. The summed E-state index contributed by atoms with van der Waals surface area (Å²) in [7, 11) is 0. The lowest BCUT2D eigenvalue weighted by Gasteiger charge is -2.22. The summed E-state index contributed by atoms with van der Waals surface area (Å²) in [6.45, 7) is 1.02. The van der Waals surface area contributed by atoms with E-state index < -0.39 is 0 Å². The maximum atomic E-state index is 12.4. The van der Waals surface area contributed by atoms with Gasteiger partial charge in [-0.05, 0) is 50.3 Å². The fourth-order valence-electron chi connectivity index (χ4n) is 3.06. The first-order chi connectivity index (χ1) is 8.33. The summed E-state index contributed by atoms with van der Waals surface area (Å²) in [5, 5.41) is 10.9. The minimum Gasteiger partial charge on any atom is -0.347 e. The first-order valence-corrected chi connectivity index (χ1v) is 6.98. The van der Waals surface area contributed by atoms with Crippen LogP contribution in [-0.2, 0) is 25.8 Å². The Morgan fingerprint density at radius 2 is 1.88 bits per heavy atom. The van der Waals surface area contributed by atoms with Gasteiger partial charge in [0.15, 0.2) is 5.43 Å². The van der Waals surface area contributed by atoms with Gasteiger partial charge in [-0.25, -0.2) is 0 Å².